The van der Waals surface area contributed by atoms with Gasteiger partial charge in [-0.25, -0.2) is 0 Å². The number of fused-ring (bicyclic) bond motifs is 1. The van der Waals surface area contributed by atoms with E-state index in [9.17, 15) is 0 Å². The molecule has 2 atom stereocenters. The van der Waals surface area contributed by atoms with Gasteiger partial charge in [0.25, 0.3) is 0 Å². The van der Waals surface area contributed by atoms with Crippen molar-refractivity contribution in [1.29, 1.82) is 0 Å². The van der Waals surface area contributed by atoms with Crippen LogP contribution >= 0.6 is 0 Å². The van der Waals surface area contributed by atoms with Crippen molar-refractivity contribution in [3.8, 4) is 5.75 Å². The third-order valence-corrected chi connectivity index (χ3v) is 4.15. The molecular formula is C16H23NO2. The van der Waals surface area contributed by atoms with Crippen LogP contribution in [0.15, 0.2) is 18.2 Å². The van der Waals surface area contributed by atoms with E-state index in [-0.39, 0.29) is 0 Å². The van der Waals surface area contributed by atoms with E-state index in [0.717, 1.165) is 45.0 Å². The number of ether oxygens (including phenoxy) is 2. The predicted molar refractivity (Wildman–Crippen MR) is 75.6 cm³/mol. The summed E-state index contributed by atoms with van der Waals surface area (Å²) in [4.78, 5) is 0. The van der Waals surface area contributed by atoms with E-state index in [1.54, 1.807) is 0 Å². The van der Waals surface area contributed by atoms with E-state index < -0.39 is 0 Å². The van der Waals surface area contributed by atoms with Crippen molar-refractivity contribution in [3.63, 3.8) is 0 Å². The average Bonchev–Trinajstić information content (AvgIpc) is 3.06. The highest BCUT2D eigenvalue weighted by atomic mass is 16.5. The van der Waals surface area contributed by atoms with Crippen molar-refractivity contribution in [3.05, 3.63) is 29.3 Å². The highest BCUT2D eigenvalue weighted by Crippen LogP contribution is 2.33. The molecule has 0 saturated carbocycles. The minimum atomic E-state index is 0.539. The van der Waals surface area contributed by atoms with Crippen LogP contribution in [-0.4, -0.2) is 26.4 Å². The second-order valence-corrected chi connectivity index (χ2v) is 5.55. The fourth-order valence-corrected chi connectivity index (χ4v) is 3.07. The van der Waals surface area contributed by atoms with Gasteiger partial charge in [0, 0.05) is 18.6 Å². The molecule has 1 fully saturated rings. The molecule has 2 unspecified atom stereocenters. The van der Waals surface area contributed by atoms with Crippen LogP contribution in [0.1, 0.15) is 36.9 Å². The quantitative estimate of drug-likeness (QED) is 0.884. The van der Waals surface area contributed by atoms with Gasteiger partial charge < -0.3 is 14.8 Å². The summed E-state index contributed by atoms with van der Waals surface area (Å²) in [5.41, 5.74) is 2.91. The van der Waals surface area contributed by atoms with Crippen LogP contribution in [-0.2, 0) is 11.2 Å². The molecule has 3 rings (SSSR count). The van der Waals surface area contributed by atoms with Gasteiger partial charge in [0.1, 0.15) is 5.75 Å². The largest absolute Gasteiger partial charge is 0.493 e. The first-order chi connectivity index (χ1) is 9.36. The molecule has 0 bridgehead atoms. The Balaban J connectivity index is 1.62. The lowest BCUT2D eigenvalue weighted by Gasteiger charge is -2.14. The van der Waals surface area contributed by atoms with Crippen LogP contribution in [0, 0.1) is 5.92 Å². The van der Waals surface area contributed by atoms with Gasteiger partial charge in [-0.2, -0.15) is 0 Å². The minimum Gasteiger partial charge on any atom is -0.493 e. The molecular weight excluding hydrogens is 238 g/mol. The first-order valence-corrected chi connectivity index (χ1v) is 7.43. The van der Waals surface area contributed by atoms with Gasteiger partial charge in [-0.3, -0.25) is 0 Å². The van der Waals surface area contributed by atoms with E-state index in [2.05, 4.69) is 30.4 Å². The molecule has 0 spiro atoms. The molecule has 19 heavy (non-hydrogen) atoms. The van der Waals surface area contributed by atoms with Crippen LogP contribution in [0.4, 0.5) is 0 Å². The molecule has 1 aromatic carbocycles. The van der Waals surface area contributed by atoms with Gasteiger partial charge in [0.15, 0.2) is 0 Å². The summed E-state index contributed by atoms with van der Waals surface area (Å²) in [5, 5.41) is 3.54. The van der Waals surface area contributed by atoms with Crippen LogP contribution < -0.4 is 10.1 Å². The molecule has 1 saturated heterocycles. The van der Waals surface area contributed by atoms with Gasteiger partial charge >= 0.3 is 0 Å². The van der Waals surface area contributed by atoms with Crippen molar-refractivity contribution in [2.75, 3.05) is 26.4 Å². The van der Waals surface area contributed by atoms with Gasteiger partial charge in [0.2, 0.25) is 0 Å². The summed E-state index contributed by atoms with van der Waals surface area (Å²) < 4.78 is 11.3. The van der Waals surface area contributed by atoms with Crippen molar-refractivity contribution in [1.82, 2.24) is 5.32 Å². The normalized spacial score (nSPS) is 25.5. The topological polar surface area (TPSA) is 30.5 Å². The van der Waals surface area contributed by atoms with Crippen molar-refractivity contribution in [2.24, 2.45) is 5.92 Å². The maximum Gasteiger partial charge on any atom is 0.119 e. The summed E-state index contributed by atoms with van der Waals surface area (Å²) in [5.74, 6) is 1.59. The molecule has 1 aliphatic heterocycles. The number of nitrogens with one attached hydrogen (secondary N) is 1. The Labute approximate surface area is 115 Å². The van der Waals surface area contributed by atoms with Crippen LogP contribution in [0.25, 0.3) is 0 Å². The summed E-state index contributed by atoms with van der Waals surface area (Å²) in [6.07, 6.45) is 3.51. The standard InChI is InChI=1S/C16H23NO2/c1-2-17-16-6-3-13-9-14(4-5-15(13)16)19-11-12-7-8-18-10-12/h4-5,9,12,16-17H,2-3,6-8,10-11H2,1H3. The third-order valence-electron chi connectivity index (χ3n) is 4.15. The Morgan fingerprint density at radius 3 is 3.11 bits per heavy atom. The second-order valence-electron chi connectivity index (χ2n) is 5.55. The molecule has 104 valence electrons. The maximum absolute atomic E-state index is 5.91. The van der Waals surface area contributed by atoms with E-state index in [4.69, 9.17) is 9.47 Å². The molecule has 1 N–H and O–H groups in total. The molecule has 0 amide bonds. The third kappa shape index (κ3) is 2.93. The summed E-state index contributed by atoms with van der Waals surface area (Å²) >= 11 is 0. The number of hydrogen-bond acceptors (Lipinski definition) is 3. The van der Waals surface area contributed by atoms with Crippen LogP contribution in [0.2, 0.25) is 0 Å². The number of aryl methyl sites for hydroxylation is 1. The SMILES string of the molecule is CCNC1CCc2cc(OCC3CCOC3)ccc21. The fraction of sp³-hybridized carbons (Fsp3) is 0.625. The Hall–Kier alpha value is -1.06. The van der Waals surface area contributed by atoms with E-state index in [1.165, 1.54) is 17.5 Å². The first kappa shape index (κ1) is 12.9. The first-order valence-electron chi connectivity index (χ1n) is 7.43. The summed E-state index contributed by atoms with van der Waals surface area (Å²) in [6.45, 7) is 5.73. The zero-order chi connectivity index (χ0) is 13.1. The second kappa shape index (κ2) is 5.93. The summed E-state index contributed by atoms with van der Waals surface area (Å²) in [6, 6.07) is 7.11. The highest BCUT2D eigenvalue weighted by molar-refractivity contribution is 5.40. The Kier molecular flexibility index (Phi) is 4.04. The average molecular weight is 261 g/mol. The predicted octanol–water partition coefficient (Wildman–Crippen LogP) is 2.70. The molecule has 1 heterocycles. The van der Waals surface area contributed by atoms with Crippen molar-refractivity contribution in [2.45, 2.75) is 32.2 Å². The Morgan fingerprint density at radius 1 is 1.37 bits per heavy atom. The molecule has 1 aliphatic carbocycles. The molecule has 1 aromatic rings. The molecule has 2 aliphatic rings. The van der Waals surface area contributed by atoms with Gasteiger partial charge in [0.05, 0.1) is 13.2 Å². The van der Waals surface area contributed by atoms with Crippen molar-refractivity contribution >= 4 is 0 Å². The smallest absolute Gasteiger partial charge is 0.119 e. The monoisotopic (exact) mass is 261 g/mol. The lowest BCUT2D eigenvalue weighted by atomic mass is 10.1. The number of rotatable bonds is 5. The van der Waals surface area contributed by atoms with Crippen LogP contribution in [0.3, 0.4) is 0 Å². The zero-order valence-corrected chi connectivity index (χ0v) is 11.7. The molecule has 0 radical (unpaired) electrons. The van der Waals surface area contributed by atoms with Crippen molar-refractivity contribution < 1.29 is 9.47 Å². The number of benzene rings is 1. The highest BCUT2D eigenvalue weighted by Gasteiger charge is 2.22. The summed E-state index contributed by atoms with van der Waals surface area (Å²) in [7, 11) is 0. The minimum absolute atomic E-state index is 0.539. The number of hydrogen-bond donors (Lipinski definition) is 1. The van der Waals surface area contributed by atoms with Gasteiger partial charge in [-0.05, 0) is 49.1 Å². The zero-order valence-electron chi connectivity index (χ0n) is 11.7. The lowest BCUT2D eigenvalue weighted by molar-refractivity contribution is 0.167. The molecule has 3 heteroatoms. The fourth-order valence-electron chi connectivity index (χ4n) is 3.07. The molecule has 3 nitrogen and oxygen atoms in total. The van der Waals surface area contributed by atoms with Gasteiger partial charge in [-0.15, -0.1) is 0 Å². The Morgan fingerprint density at radius 2 is 2.32 bits per heavy atom. The van der Waals surface area contributed by atoms with Gasteiger partial charge in [-0.1, -0.05) is 13.0 Å². The Bertz CT molecular complexity index is 427. The van der Waals surface area contributed by atoms with E-state index >= 15 is 0 Å². The maximum atomic E-state index is 5.91. The lowest BCUT2D eigenvalue weighted by Crippen LogP contribution is -2.18. The molecule has 0 aromatic heterocycles. The van der Waals surface area contributed by atoms with Crippen LogP contribution in [0.5, 0.6) is 5.75 Å². The van der Waals surface area contributed by atoms with E-state index in [0.29, 0.717) is 12.0 Å². The van der Waals surface area contributed by atoms with E-state index in [1.807, 2.05) is 0 Å².